The molecule has 1 N–H and O–H groups in total. The van der Waals surface area contributed by atoms with Gasteiger partial charge < -0.3 is 9.64 Å². The fourth-order valence-electron chi connectivity index (χ4n) is 2.79. The van der Waals surface area contributed by atoms with Crippen molar-refractivity contribution < 1.29 is 31.1 Å². The van der Waals surface area contributed by atoms with Crippen molar-refractivity contribution in [2.24, 2.45) is 0 Å². The first-order valence-electron chi connectivity index (χ1n) is 9.00. The molecule has 2 aromatic rings. The van der Waals surface area contributed by atoms with Gasteiger partial charge in [-0.15, -0.1) is 0 Å². The average molecular weight is 440 g/mol. The molecule has 0 saturated carbocycles. The smallest absolute Gasteiger partial charge is 0.378 e. The number of nitrogens with one attached hydrogen (secondary N) is 1. The van der Waals surface area contributed by atoms with Crippen LogP contribution in [-0.4, -0.2) is 45.5 Å². The van der Waals surface area contributed by atoms with Crippen LogP contribution >= 0.6 is 0 Å². The number of carbonyl (C=O) groups excluding carboxylic acids is 1. The van der Waals surface area contributed by atoms with Crippen LogP contribution in [0.15, 0.2) is 59.5 Å². The van der Waals surface area contributed by atoms with Gasteiger partial charge in [-0.05, 0) is 42.0 Å². The second-order valence-electron chi connectivity index (χ2n) is 6.52. The molecular weight excluding hydrogens is 421 g/mol. The first-order chi connectivity index (χ1) is 14.1. The average Bonchev–Trinajstić information content (AvgIpc) is 2.72. The Bertz CT molecular complexity index is 1030. The van der Waals surface area contributed by atoms with Gasteiger partial charge >= 0.3 is 6.18 Å². The van der Waals surface area contributed by atoms with E-state index in [4.69, 9.17) is 4.74 Å². The van der Waals surface area contributed by atoms with E-state index in [2.05, 4.69) is 4.72 Å². The predicted molar refractivity (Wildman–Crippen MR) is 105 cm³/mol. The van der Waals surface area contributed by atoms with Crippen LogP contribution in [0.4, 0.5) is 18.9 Å². The molecule has 6 nitrogen and oxygen atoms in total. The molecule has 1 aliphatic heterocycles. The Hall–Kier alpha value is -2.85. The highest BCUT2D eigenvalue weighted by atomic mass is 32.2. The van der Waals surface area contributed by atoms with E-state index in [-0.39, 0.29) is 16.5 Å². The Morgan fingerprint density at radius 3 is 2.37 bits per heavy atom. The van der Waals surface area contributed by atoms with Gasteiger partial charge in [-0.1, -0.05) is 18.2 Å². The third-order valence-corrected chi connectivity index (χ3v) is 5.77. The normalized spacial score (nSPS) is 15.4. The topological polar surface area (TPSA) is 75.7 Å². The van der Waals surface area contributed by atoms with Gasteiger partial charge in [-0.2, -0.15) is 13.2 Å². The molecule has 1 saturated heterocycles. The molecule has 0 aliphatic carbocycles. The van der Waals surface area contributed by atoms with Crippen molar-refractivity contribution in [3.63, 3.8) is 0 Å². The minimum atomic E-state index is -4.58. The van der Waals surface area contributed by atoms with Crippen molar-refractivity contribution in [3.8, 4) is 0 Å². The van der Waals surface area contributed by atoms with Gasteiger partial charge in [-0.25, -0.2) is 8.42 Å². The summed E-state index contributed by atoms with van der Waals surface area (Å²) < 4.78 is 70.7. The molecule has 10 heteroatoms. The summed E-state index contributed by atoms with van der Waals surface area (Å²) >= 11 is 0. The number of hydrogen-bond acceptors (Lipinski definition) is 4. The number of morpholine rings is 1. The minimum absolute atomic E-state index is 0.114. The van der Waals surface area contributed by atoms with Crippen molar-refractivity contribution >= 4 is 27.7 Å². The zero-order valence-corrected chi connectivity index (χ0v) is 16.5. The monoisotopic (exact) mass is 440 g/mol. The Morgan fingerprint density at radius 2 is 1.73 bits per heavy atom. The maximum Gasteiger partial charge on any atom is 0.416 e. The number of carbonyl (C=O) groups is 1. The first kappa shape index (κ1) is 21.8. The van der Waals surface area contributed by atoms with Crippen LogP contribution in [0.2, 0.25) is 0 Å². The first-order valence-corrected chi connectivity index (χ1v) is 10.5. The van der Waals surface area contributed by atoms with Crippen LogP contribution in [-0.2, 0) is 25.7 Å². The van der Waals surface area contributed by atoms with E-state index in [1.165, 1.54) is 36.4 Å². The van der Waals surface area contributed by atoms with Crippen molar-refractivity contribution in [3.05, 3.63) is 65.7 Å². The van der Waals surface area contributed by atoms with E-state index in [1.54, 1.807) is 11.0 Å². The molecule has 30 heavy (non-hydrogen) atoms. The molecule has 1 aliphatic rings. The summed E-state index contributed by atoms with van der Waals surface area (Å²) in [7, 11) is -4.07. The Morgan fingerprint density at radius 1 is 1.07 bits per heavy atom. The third kappa shape index (κ3) is 5.61. The number of rotatable bonds is 5. The van der Waals surface area contributed by atoms with Crippen LogP contribution < -0.4 is 4.72 Å². The summed E-state index contributed by atoms with van der Waals surface area (Å²) in [5.74, 6) is -0.166. The maximum absolute atomic E-state index is 12.8. The molecule has 1 amide bonds. The predicted octanol–water partition coefficient (Wildman–Crippen LogP) is 3.38. The third-order valence-electron chi connectivity index (χ3n) is 4.37. The van der Waals surface area contributed by atoms with Crippen LogP contribution in [0.25, 0.3) is 6.08 Å². The molecule has 3 rings (SSSR count). The van der Waals surface area contributed by atoms with E-state index in [0.29, 0.717) is 31.9 Å². The lowest BCUT2D eigenvalue weighted by molar-refractivity contribution is -0.137. The largest absolute Gasteiger partial charge is 0.416 e. The second-order valence-corrected chi connectivity index (χ2v) is 8.21. The number of alkyl halides is 3. The highest BCUT2D eigenvalue weighted by Gasteiger charge is 2.30. The lowest BCUT2D eigenvalue weighted by Gasteiger charge is -2.25. The van der Waals surface area contributed by atoms with E-state index in [1.807, 2.05) is 0 Å². The zero-order valence-electron chi connectivity index (χ0n) is 15.7. The quantitative estimate of drug-likeness (QED) is 0.724. The number of ether oxygens (including phenoxy) is 1. The van der Waals surface area contributed by atoms with Crippen LogP contribution in [0.3, 0.4) is 0 Å². The van der Waals surface area contributed by atoms with E-state index in [0.717, 1.165) is 18.2 Å². The van der Waals surface area contributed by atoms with Gasteiger partial charge in [0.1, 0.15) is 0 Å². The van der Waals surface area contributed by atoms with E-state index in [9.17, 15) is 26.4 Å². The molecule has 160 valence electrons. The standard InChI is InChI=1S/C20H19F3N2O4S/c21-20(22,23)16-2-1-3-17(14-16)24-30(27,28)18-7-4-15(5-8-18)6-9-19(26)25-10-12-29-13-11-25/h1-9,14,24H,10-13H2/b9-6+. The fourth-order valence-corrected chi connectivity index (χ4v) is 3.84. The van der Waals surface area contributed by atoms with Gasteiger partial charge in [0.05, 0.1) is 23.7 Å². The van der Waals surface area contributed by atoms with Crippen molar-refractivity contribution in [2.75, 3.05) is 31.0 Å². The number of nitrogens with zero attached hydrogens (tertiary/aromatic N) is 1. The summed E-state index contributed by atoms with van der Waals surface area (Å²) in [5, 5.41) is 0. The molecule has 1 fully saturated rings. The second kappa shape index (κ2) is 8.88. The van der Waals surface area contributed by atoms with E-state index >= 15 is 0 Å². The molecule has 0 unspecified atom stereocenters. The summed E-state index contributed by atoms with van der Waals surface area (Å²) in [6, 6.07) is 9.58. The highest BCUT2D eigenvalue weighted by Crippen LogP contribution is 2.31. The lowest BCUT2D eigenvalue weighted by atomic mass is 10.2. The summed E-state index contributed by atoms with van der Waals surface area (Å²) in [6.45, 7) is 2.01. The minimum Gasteiger partial charge on any atom is -0.378 e. The summed E-state index contributed by atoms with van der Waals surface area (Å²) in [5.41, 5.74) is -0.535. The molecule has 2 aromatic carbocycles. The number of benzene rings is 2. The molecule has 1 heterocycles. The Balaban J connectivity index is 1.69. The number of anilines is 1. The van der Waals surface area contributed by atoms with Crippen molar-refractivity contribution in [2.45, 2.75) is 11.1 Å². The van der Waals surface area contributed by atoms with Crippen molar-refractivity contribution in [1.82, 2.24) is 4.90 Å². The molecule has 0 atom stereocenters. The zero-order chi connectivity index (χ0) is 21.8. The number of hydrogen-bond donors (Lipinski definition) is 1. The molecule has 0 aromatic heterocycles. The molecular formula is C20H19F3N2O4S. The van der Waals surface area contributed by atoms with Crippen LogP contribution in [0, 0.1) is 0 Å². The Labute approximate surface area is 172 Å². The molecule has 0 spiro atoms. The van der Waals surface area contributed by atoms with Gasteiger partial charge in [0.15, 0.2) is 0 Å². The molecule has 0 bridgehead atoms. The van der Waals surface area contributed by atoms with Gasteiger partial charge in [0.2, 0.25) is 5.91 Å². The van der Waals surface area contributed by atoms with Crippen molar-refractivity contribution in [1.29, 1.82) is 0 Å². The van der Waals surface area contributed by atoms with Crippen LogP contribution in [0.1, 0.15) is 11.1 Å². The van der Waals surface area contributed by atoms with Gasteiger partial charge in [0.25, 0.3) is 10.0 Å². The maximum atomic E-state index is 12.8. The summed E-state index contributed by atoms with van der Waals surface area (Å²) in [4.78, 5) is 13.6. The number of sulfonamides is 1. The summed E-state index contributed by atoms with van der Waals surface area (Å²) in [6.07, 6.45) is -1.61. The van der Waals surface area contributed by atoms with Gasteiger partial charge in [-0.3, -0.25) is 9.52 Å². The number of amides is 1. The SMILES string of the molecule is O=C(/C=C/c1ccc(S(=O)(=O)Nc2cccc(C(F)(F)F)c2)cc1)N1CCOCC1. The number of halogens is 3. The Kier molecular flexibility index (Phi) is 6.47. The lowest BCUT2D eigenvalue weighted by Crippen LogP contribution is -2.39. The van der Waals surface area contributed by atoms with E-state index < -0.39 is 21.8 Å². The highest BCUT2D eigenvalue weighted by molar-refractivity contribution is 7.92. The van der Waals surface area contributed by atoms with Gasteiger partial charge in [0, 0.05) is 24.9 Å². The van der Waals surface area contributed by atoms with Crippen LogP contribution in [0.5, 0.6) is 0 Å². The molecule has 0 radical (unpaired) electrons. The fraction of sp³-hybridized carbons (Fsp3) is 0.250.